The minimum Gasteiger partial charge on any atom is -0.492 e. The minimum absolute atomic E-state index is 0.0940. The van der Waals surface area contributed by atoms with Gasteiger partial charge in [0, 0.05) is 13.1 Å². The number of nitrogens with zero attached hydrogens (tertiary/aromatic N) is 1. The van der Waals surface area contributed by atoms with Crippen molar-refractivity contribution < 1.29 is 32.6 Å². The summed E-state index contributed by atoms with van der Waals surface area (Å²) in [7, 11) is 0. The van der Waals surface area contributed by atoms with Crippen LogP contribution in [0, 0.1) is 25.7 Å². The molecule has 0 aromatic heterocycles. The van der Waals surface area contributed by atoms with Gasteiger partial charge in [0.05, 0.1) is 18.4 Å². The molecule has 2 N–H and O–H groups in total. The number of hydrogen-bond acceptors (Lipinski definition) is 3. The van der Waals surface area contributed by atoms with Gasteiger partial charge >= 0.3 is 18.2 Å². The quantitative estimate of drug-likeness (QED) is 0.777. The molecule has 0 unspecified atom stereocenters. The van der Waals surface area contributed by atoms with Crippen molar-refractivity contribution in [2.75, 3.05) is 26.2 Å². The first-order chi connectivity index (χ1) is 12.1. The van der Waals surface area contributed by atoms with Crippen molar-refractivity contribution >= 4 is 12.0 Å². The average molecular weight is 374 g/mol. The second-order valence-corrected chi connectivity index (χ2v) is 6.40. The minimum atomic E-state index is -4.66. The number of benzene rings is 1. The Morgan fingerprint density at radius 1 is 1.23 bits per heavy atom. The van der Waals surface area contributed by atoms with E-state index in [-0.39, 0.29) is 13.2 Å². The summed E-state index contributed by atoms with van der Waals surface area (Å²) in [5.74, 6) is -4.62. The molecule has 26 heavy (non-hydrogen) atoms. The number of amides is 2. The Labute approximate surface area is 148 Å². The number of rotatable bonds is 5. The molecule has 1 heterocycles. The number of ether oxygens (including phenoxy) is 1. The van der Waals surface area contributed by atoms with Gasteiger partial charge in [0.1, 0.15) is 12.4 Å². The Balaban J connectivity index is 1.83. The van der Waals surface area contributed by atoms with E-state index in [1.54, 1.807) is 0 Å². The molecule has 1 saturated heterocycles. The fourth-order valence-corrected chi connectivity index (χ4v) is 3.01. The molecule has 2 atom stereocenters. The molecule has 0 radical (unpaired) electrons. The van der Waals surface area contributed by atoms with Crippen LogP contribution in [0.3, 0.4) is 0 Å². The number of aliphatic carboxylic acids is 1. The van der Waals surface area contributed by atoms with Crippen LogP contribution in [0.1, 0.15) is 11.1 Å². The molecule has 0 bridgehead atoms. The van der Waals surface area contributed by atoms with Crippen LogP contribution in [0.5, 0.6) is 5.75 Å². The second-order valence-electron chi connectivity index (χ2n) is 6.40. The number of carboxylic acid groups (broad SMARTS) is 1. The topological polar surface area (TPSA) is 78.9 Å². The summed E-state index contributed by atoms with van der Waals surface area (Å²) in [6.07, 6.45) is -4.66. The van der Waals surface area contributed by atoms with E-state index in [0.717, 1.165) is 16.0 Å². The number of carbonyl (C=O) groups is 2. The Hall–Kier alpha value is -2.45. The molecule has 9 heteroatoms. The molecule has 6 nitrogen and oxygen atoms in total. The number of hydrogen-bond donors (Lipinski definition) is 2. The van der Waals surface area contributed by atoms with Crippen molar-refractivity contribution in [1.82, 2.24) is 10.2 Å². The molecule has 1 aromatic rings. The lowest BCUT2D eigenvalue weighted by molar-refractivity contribution is -0.187. The summed E-state index contributed by atoms with van der Waals surface area (Å²) in [4.78, 5) is 23.9. The maximum Gasteiger partial charge on any atom is 0.394 e. The summed E-state index contributed by atoms with van der Waals surface area (Å²) in [5, 5.41) is 11.4. The first kappa shape index (κ1) is 19.9. The van der Waals surface area contributed by atoms with Crippen molar-refractivity contribution in [3.63, 3.8) is 0 Å². The van der Waals surface area contributed by atoms with Crippen LogP contribution in [-0.2, 0) is 4.79 Å². The lowest BCUT2D eigenvalue weighted by Gasteiger charge is -2.18. The van der Waals surface area contributed by atoms with Gasteiger partial charge in [-0.15, -0.1) is 0 Å². The summed E-state index contributed by atoms with van der Waals surface area (Å²) in [5.41, 5.74) is 2.05. The number of urea groups is 1. The molecule has 0 aliphatic carbocycles. The molecule has 1 aliphatic rings. The van der Waals surface area contributed by atoms with E-state index in [2.05, 4.69) is 5.32 Å². The van der Waals surface area contributed by atoms with Gasteiger partial charge in [0.2, 0.25) is 0 Å². The molecular weight excluding hydrogens is 353 g/mol. The fraction of sp³-hybridized carbons (Fsp3) is 0.529. The SMILES string of the molecule is Cc1cc(C)cc(OCCNC(=O)N2C[C@@H](C(F)(F)F)[C@H](C(=O)O)C2)c1. The van der Waals surface area contributed by atoms with Gasteiger partial charge in [-0.05, 0) is 37.1 Å². The summed E-state index contributed by atoms with van der Waals surface area (Å²) in [6.45, 7) is 2.95. The number of alkyl halides is 3. The van der Waals surface area contributed by atoms with E-state index in [0.29, 0.717) is 5.75 Å². The molecule has 0 saturated carbocycles. The third-order valence-corrected chi connectivity index (χ3v) is 4.19. The summed E-state index contributed by atoms with van der Waals surface area (Å²) >= 11 is 0. The molecule has 0 spiro atoms. The maximum absolute atomic E-state index is 12.9. The van der Waals surface area contributed by atoms with Gasteiger partial charge in [0.15, 0.2) is 0 Å². The maximum atomic E-state index is 12.9. The van der Waals surface area contributed by atoms with Gasteiger partial charge in [-0.25, -0.2) is 4.79 Å². The lowest BCUT2D eigenvalue weighted by Crippen LogP contribution is -2.41. The van der Waals surface area contributed by atoms with Crippen LogP contribution in [-0.4, -0.2) is 54.4 Å². The Morgan fingerprint density at radius 3 is 2.35 bits per heavy atom. The van der Waals surface area contributed by atoms with Crippen molar-refractivity contribution in [1.29, 1.82) is 0 Å². The number of carbonyl (C=O) groups excluding carboxylic acids is 1. The van der Waals surface area contributed by atoms with Gasteiger partial charge in [-0.2, -0.15) is 13.2 Å². The number of nitrogens with one attached hydrogen (secondary N) is 1. The predicted molar refractivity (Wildman–Crippen MR) is 87.1 cm³/mol. The molecule has 1 fully saturated rings. The van der Waals surface area contributed by atoms with Crippen molar-refractivity contribution in [2.24, 2.45) is 11.8 Å². The van der Waals surface area contributed by atoms with Crippen molar-refractivity contribution in [3.8, 4) is 5.75 Å². The molecule has 1 aliphatic heterocycles. The van der Waals surface area contributed by atoms with Crippen LogP contribution in [0.4, 0.5) is 18.0 Å². The molecule has 1 aromatic carbocycles. The third kappa shape index (κ3) is 5.03. The number of carboxylic acids is 1. The highest BCUT2D eigenvalue weighted by atomic mass is 19.4. The largest absolute Gasteiger partial charge is 0.492 e. The molecule has 144 valence electrons. The Bertz CT molecular complexity index is 658. The van der Waals surface area contributed by atoms with Crippen molar-refractivity contribution in [2.45, 2.75) is 20.0 Å². The van der Waals surface area contributed by atoms with Crippen LogP contribution in [0.25, 0.3) is 0 Å². The molecular formula is C17H21F3N2O4. The zero-order chi connectivity index (χ0) is 19.5. The van der Waals surface area contributed by atoms with Gasteiger partial charge in [-0.1, -0.05) is 6.07 Å². The van der Waals surface area contributed by atoms with Crippen LogP contribution < -0.4 is 10.1 Å². The summed E-state index contributed by atoms with van der Waals surface area (Å²) in [6, 6.07) is 4.92. The molecule has 2 rings (SSSR count). The van der Waals surface area contributed by atoms with Crippen LogP contribution >= 0.6 is 0 Å². The summed E-state index contributed by atoms with van der Waals surface area (Å²) < 4.78 is 44.3. The standard InChI is InChI=1S/C17H21F3N2O4/c1-10-5-11(2)7-12(6-10)26-4-3-21-16(25)22-8-13(15(23)24)14(9-22)17(18,19)20/h5-7,13-14H,3-4,8-9H2,1-2H3,(H,21,25)(H,23,24)/t13-,14-/m1/s1. The van der Waals surface area contributed by atoms with Crippen LogP contribution in [0.2, 0.25) is 0 Å². The smallest absolute Gasteiger partial charge is 0.394 e. The van der Waals surface area contributed by atoms with Gasteiger partial charge < -0.3 is 20.1 Å². The van der Waals surface area contributed by atoms with E-state index in [1.807, 2.05) is 32.0 Å². The normalized spacial score (nSPS) is 20.1. The van der Waals surface area contributed by atoms with Crippen molar-refractivity contribution in [3.05, 3.63) is 29.3 Å². The average Bonchev–Trinajstić information content (AvgIpc) is 2.96. The zero-order valence-corrected chi connectivity index (χ0v) is 14.5. The second kappa shape index (κ2) is 7.84. The first-order valence-corrected chi connectivity index (χ1v) is 8.11. The van der Waals surface area contributed by atoms with E-state index in [4.69, 9.17) is 9.84 Å². The van der Waals surface area contributed by atoms with Gasteiger partial charge in [0.25, 0.3) is 0 Å². The van der Waals surface area contributed by atoms with Gasteiger partial charge in [-0.3, -0.25) is 4.79 Å². The lowest BCUT2D eigenvalue weighted by atomic mass is 9.96. The number of likely N-dealkylation sites (tertiary alicyclic amines) is 1. The highest BCUT2D eigenvalue weighted by Crippen LogP contribution is 2.37. The Kier molecular flexibility index (Phi) is 5.99. The third-order valence-electron chi connectivity index (χ3n) is 4.19. The fourth-order valence-electron chi connectivity index (χ4n) is 3.01. The molecule has 2 amide bonds. The van der Waals surface area contributed by atoms with E-state index in [9.17, 15) is 22.8 Å². The zero-order valence-electron chi connectivity index (χ0n) is 14.5. The van der Waals surface area contributed by atoms with E-state index >= 15 is 0 Å². The van der Waals surface area contributed by atoms with E-state index < -0.39 is 43.1 Å². The monoisotopic (exact) mass is 374 g/mol. The van der Waals surface area contributed by atoms with E-state index in [1.165, 1.54) is 0 Å². The van der Waals surface area contributed by atoms with Crippen LogP contribution in [0.15, 0.2) is 18.2 Å². The number of halogens is 3. The Morgan fingerprint density at radius 2 is 1.85 bits per heavy atom. The first-order valence-electron chi connectivity index (χ1n) is 8.11. The predicted octanol–water partition coefficient (Wildman–Crippen LogP) is 2.59. The number of aryl methyl sites for hydroxylation is 2. The highest BCUT2D eigenvalue weighted by molar-refractivity contribution is 5.77. The highest BCUT2D eigenvalue weighted by Gasteiger charge is 2.53.